The van der Waals surface area contributed by atoms with E-state index in [1.165, 1.54) is 37.9 Å². The van der Waals surface area contributed by atoms with E-state index in [-0.39, 0.29) is 5.91 Å². The van der Waals surface area contributed by atoms with Crippen LogP contribution in [0.1, 0.15) is 80.3 Å². The molecule has 0 N–H and O–H groups in total. The number of fused-ring (bicyclic) bond motifs is 1. The zero-order chi connectivity index (χ0) is 25.3. The van der Waals surface area contributed by atoms with E-state index >= 15 is 0 Å². The summed E-state index contributed by atoms with van der Waals surface area (Å²) in [6, 6.07) is 12.5. The van der Waals surface area contributed by atoms with Crippen molar-refractivity contribution in [3.8, 4) is 11.3 Å². The van der Waals surface area contributed by atoms with Crippen molar-refractivity contribution in [3.05, 3.63) is 65.4 Å². The Morgan fingerprint density at radius 2 is 1.69 bits per heavy atom. The highest BCUT2D eigenvalue weighted by molar-refractivity contribution is 5.96. The number of amides is 1. The van der Waals surface area contributed by atoms with Crippen LogP contribution in [0.3, 0.4) is 0 Å². The highest BCUT2D eigenvalue weighted by Crippen LogP contribution is 2.29. The predicted molar refractivity (Wildman–Crippen MR) is 150 cm³/mol. The molecule has 0 bridgehead atoms. The maximum absolute atomic E-state index is 13.5. The Hall–Kier alpha value is -2.92. The highest BCUT2D eigenvalue weighted by atomic mass is 16.2. The van der Waals surface area contributed by atoms with E-state index in [1.54, 1.807) is 0 Å². The summed E-state index contributed by atoms with van der Waals surface area (Å²) >= 11 is 0. The fraction of sp³-hybridized carbons (Fsp3) is 0.484. The summed E-state index contributed by atoms with van der Waals surface area (Å²) in [7, 11) is 0. The van der Waals surface area contributed by atoms with Gasteiger partial charge in [-0.05, 0) is 57.8 Å². The molecule has 1 aliphatic rings. The number of benzene rings is 1. The molecule has 1 saturated heterocycles. The van der Waals surface area contributed by atoms with E-state index < -0.39 is 0 Å². The number of rotatable bonds is 11. The van der Waals surface area contributed by atoms with Crippen LogP contribution in [0.15, 0.2) is 48.7 Å². The van der Waals surface area contributed by atoms with Crippen molar-refractivity contribution in [3.63, 3.8) is 0 Å². The van der Waals surface area contributed by atoms with Crippen LogP contribution >= 0.6 is 0 Å². The second-order valence-electron chi connectivity index (χ2n) is 10.1. The van der Waals surface area contributed by atoms with Crippen molar-refractivity contribution < 1.29 is 4.79 Å². The summed E-state index contributed by atoms with van der Waals surface area (Å²) in [6.45, 7) is 11.4. The molecule has 0 unspecified atom stereocenters. The van der Waals surface area contributed by atoms with Crippen LogP contribution in [0.4, 0.5) is 0 Å². The molecular weight excluding hydrogens is 444 g/mol. The Morgan fingerprint density at radius 1 is 1.00 bits per heavy atom. The van der Waals surface area contributed by atoms with Gasteiger partial charge in [-0.3, -0.25) is 9.69 Å². The number of carbonyl (C=O) groups excluding carboxylic acids is 1. The van der Waals surface area contributed by atoms with Crippen molar-refractivity contribution in [1.82, 2.24) is 19.4 Å². The number of pyridine rings is 1. The minimum Gasteiger partial charge on any atom is -0.339 e. The van der Waals surface area contributed by atoms with E-state index in [9.17, 15) is 4.79 Å². The first-order valence-electron chi connectivity index (χ1n) is 13.9. The minimum atomic E-state index is 0.126. The number of aryl methyl sites for hydroxylation is 1. The monoisotopic (exact) mass is 486 g/mol. The Kier molecular flexibility index (Phi) is 9.35. The van der Waals surface area contributed by atoms with Crippen LogP contribution in [0.25, 0.3) is 22.9 Å². The first-order valence-corrected chi connectivity index (χ1v) is 13.9. The Balaban J connectivity index is 1.69. The summed E-state index contributed by atoms with van der Waals surface area (Å²) in [4.78, 5) is 18.1. The zero-order valence-electron chi connectivity index (χ0n) is 22.4. The molecule has 4 rings (SSSR count). The minimum absolute atomic E-state index is 0.126. The molecule has 0 saturated carbocycles. The van der Waals surface area contributed by atoms with Crippen molar-refractivity contribution in [2.24, 2.45) is 0 Å². The molecule has 36 heavy (non-hydrogen) atoms. The third-order valence-corrected chi connectivity index (χ3v) is 7.19. The van der Waals surface area contributed by atoms with Crippen molar-refractivity contribution in [1.29, 1.82) is 0 Å². The lowest BCUT2D eigenvalue weighted by molar-refractivity contribution is 0.0751. The molecule has 1 aromatic carbocycles. The normalized spacial score (nSPS) is 14.6. The molecule has 1 amide bonds. The highest BCUT2D eigenvalue weighted by Gasteiger charge is 2.19. The van der Waals surface area contributed by atoms with Gasteiger partial charge in [0.25, 0.3) is 5.91 Å². The summed E-state index contributed by atoms with van der Waals surface area (Å²) in [6.07, 6.45) is 14.6. The maximum atomic E-state index is 13.5. The fourth-order valence-electron chi connectivity index (χ4n) is 4.94. The smallest absolute Gasteiger partial charge is 0.253 e. The number of likely N-dealkylation sites (tertiary alicyclic amines) is 1. The molecule has 5 nitrogen and oxygen atoms in total. The number of nitrogens with zero attached hydrogens (tertiary/aromatic N) is 4. The quantitative estimate of drug-likeness (QED) is 0.297. The summed E-state index contributed by atoms with van der Waals surface area (Å²) in [5.74, 6) is 0.126. The number of aromatic nitrogens is 2. The lowest BCUT2D eigenvalue weighted by atomic mass is 10.0. The van der Waals surface area contributed by atoms with Crippen molar-refractivity contribution >= 4 is 17.5 Å². The van der Waals surface area contributed by atoms with Gasteiger partial charge in [0.1, 0.15) is 5.69 Å². The van der Waals surface area contributed by atoms with Gasteiger partial charge < -0.3 is 4.90 Å². The first kappa shape index (κ1) is 26.2. The van der Waals surface area contributed by atoms with E-state index in [2.05, 4.69) is 62.1 Å². The van der Waals surface area contributed by atoms with Crippen LogP contribution in [0.5, 0.6) is 0 Å². The number of hydrogen-bond acceptors (Lipinski definition) is 3. The lowest BCUT2D eigenvalue weighted by Crippen LogP contribution is -2.33. The third kappa shape index (κ3) is 6.44. The maximum Gasteiger partial charge on any atom is 0.253 e. The molecule has 0 aliphatic carbocycles. The van der Waals surface area contributed by atoms with Crippen LogP contribution in [0, 0.1) is 6.92 Å². The van der Waals surface area contributed by atoms with Crippen molar-refractivity contribution in [2.75, 3.05) is 32.7 Å². The number of unbranched alkanes of at least 4 members (excludes halogenated alkanes) is 2. The summed E-state index contributed by atoms with van der Waals surface area (Å²) in [5.41, 5.74) is 6.11. The molecule has 0 radical (unpaired) electrons. The standard InChI is InChI=1S/C31H42N4O/c1-4-6-21-34(22-7-5-2)31(36)27-17-23-35-29(24-27)28(12-11-20-33-18-9-8-10-19-33)30(32-35)26-15-13-25(3)14-16-26/h11-17,23-24H,4-10,18-22H2,1-3H3. The van der Waals surface area contributed by atoms with Gasteiger partial charge in [-0.25, -0.2) is 4.52 Å². The van der Waals surface area contributed by atoms with Gasteiger partial charge in [0.05, 0.1) is 5.52 Å². The Morgan fingerprint density at radius 3 is 2.36 bits per heavy atom. The molecule has 3 aromatic rings. The topological polar surface area (TPSA) is 40.9 Å². The van der Waals surface area contributed by atoms with Gasteiger partial charge in [-0.2, -0.15) is 5.10 Å². The average Bonchev–Trinajstić information content (AvgIpc) is 3.27. The molecule has 0 spiro atoms. The average molecular weight is 487 g/mol. The van der Waals surface area contributed by atoms with Crippen LogP contribution < -0.4 is 0 Å². The van der Waals surface area contributed by atoms with Gasteiger partial charge in [0.15, 0.2) is 0 Å². The number of hydrogen-bond donors (Lipinski definition) is 0. The Bertz CT molecular complexity index is 1150. The van der Waals surface area contributed by atoms with E-state index in [0.717, 1.165) is 73.2 Å². The Labute approximate surface area is 216 Å². The third-order valence-electron chi connectivity index (χ3n) is 7.19. The molecule has 2 aromatic heterocycles. The second-order valence-corrected chi connectivity index (χ2v) is 10.1. The van der Waals surface area contributed by atoms with Crippen LogP contribution in [0.2, 0.25) is 0 Å². The van der Waals surface area contributed by atoms with Crippen LogP contribution in [-0.4, -0.2) is 58.0 Å². The second kappa shape index (κ2) is 12.9. The SMILES string of the molecule is CCCCN(CCCC)C(=O)c1ccn2nc(-c3ccc(C)cc3)c(C=CCN3CCCCC3)c2c1. The predicted octanol–water partition coefficient (Wildman–Crippen LogP) is 6.85. The molecule has 1 aliphatic heterocycles. The summed E-state index contributed by atoms with van der Waals surface area (Å²) < 4.78 is 1.93. The summed E-state index contributed by atoms with van der Waals surface area (Å²) in [5, 5.41) is 4.95. The van der Waals surface area contributed by atoms with Crippen LogP contribution in [-0.2, 0) is 0 Å². The molecule has 0 atom stereocenters. The largest absolute Gasteiger partial charge is 0.339 e. The molecule has 5 heteroatoms. The van der Waals surface area contributed by atoms with E-state index in [4.69, 9.17) is 5.10 Å². The number of carbonyl (C=O) groups is 1. The molecule has 1 fully saturated rings. The fourth-order valence-corrected chi connectivity index (χ4v) is 4.94. The number of piperidine rings is 1. The lowest BCUT2D eigenvalue weighted by Gasteiger charge is -2.24. The van der Waals surface area contributed by atoms with Gasteiger partial charge in [0, 0.05) is 42.5 Å². The molecule has 192 valence electrons. The molecule has 3 heterocycles. The first-order chi connectivity index (χ1) is 17.6. The van der Waals surface area contributed by atoms with Gasteiger partial charge in [-0.15, -0.1) is 0 Å². The zero-order valence-corrected chi connectivity index (χ0v) is 22.4. The van der Waals surface area contributed by atoms with E-state index in [0.29, 0.717) is 0 Å². The van der Waals surface area contributed by atoms with Gasteiger partial charge >= 0.3 is 0 Å². The van der Waals surface area contributed by atoms with E-state index in [1.807, 2.05) is 27.7 Å². The molecular formula is C31H42N4O. The van der Waals surface area contributed by atoms with Gasteiger partial charge in [0.2, 0.25) is 0 Å². The van der Waals surface area contributed by atoms with Gasteiger partial charge in [-0.1, -0.05) is 75.1 Å². The van der Waals surface area contributed by atoms with Crippen molar-refractivity contribution in [2.45, 2.75) is 65.7 Å².